The molecule has 1 atom stereocenters. The van der Waals surface area contributed by atoms with Gasteiger partial charge >= 0.3 is 0 Å². The fraction of sp³-hybridized carbons (Fsp3) is 0.647. The first-order valence-corrected chi connectivity index (χ1v) is 7.54. The summed E-state index contributed by atoms with van der Waals surface area (Å²) in [6, 6.07) is 9.95. The van der Waals surface area contributed by atoms with Gasteiger partial charge in [-0.15, -0.1) is 0 Å². The minimum Gasteiger partial charge on any atom is -0.313 e. The Bertz CT molecular complexity index is 419. The van der Waals surface area contributed by atoms with E-state index >= 15 is 0 Å². The van der Waals surface area contributed by atoms with Crippen molar-refractivity contribution in [2.75, 3.05) is 6.54 Å². The highest BCUT2D eigenvalue weighted by molar-refractivity contribution is 5.38. The van der Waals surface area contributed by atoms with Crippen molar-refractivity contribution in [3.8, 4) is 0 Å². The molecule has 1 nitrogen and oxygen atoms in total. The smallest absolute Gasteiger partial charge is 0.0104 e. The maximum absolute atomic E-state index is 3.79. The molecule has 3 rings (SSSR count). The minimum absolute atomic E-state index is 0.372. The molecule has 0 radical (unpaired) electrons. The summed E-state index contributed by atoms with van der Waals surface area (Å²) in [6.45, 7) is 5.97. The molecule has 18 heavy (non-hydrogen) atoms. The van der Waals surface area contributed by atoms with Crippen LogP contribution >= 0.6 is 0 Å². The first-order valence-electron chi connectivity index (χ1n) is 7.54. The maximum atomic E-state index is 3.79. The lowest BCUT2D eigenvalue weighted by Gasteiger charge is -2.43. The molecule has 0 spiro atoms. The predicted molar refractivity (Wildman–Crippen MR) is 76.9 cm³/mol. The standard InChI is InChI=1S/C17H25N/c1-13(2)17(12-18-15-9-10-15)11-5-7-14-6-3-4-8-16(14)17/h3-4,6,8,13,15,18H,5,7,9-12H2,1-2H3. The maximum Gasteiger partial charge on any atom is 0.0104 e. The zero-order valence-electron chi connectivity index (χ0n) is 11.7. The van der Waals surface area contributed by atoms with Gasteiger partial charge in [-0.2, -0.15) is 0 Å². The van der Waals surface area contributed by atoms with Gasteiger partial charge in [0.1, 0.15) is 0 Å². The Balaban J connectivity index is 1.93. The zero-order chi connectivity index (χ0) is 12.6. The summed E-state index contributed by atoms with van der Waals surface area (Å²) in [4.78, 5) is 0. The predicted octanol–water partition coefficient (Wildman–Crippen LogP) is 3.67. The van der Waals surface area contributed by atoms with Crippen molar-refractivity contribution >= 4 is 0 Å². The van der Waals surface area contributed by atoms with E-state index in [1.165, 1.54) is 38.6 Å². The highest BCUT2D eigenvalue weighted by Gasteiger charge is 2.40. The normalized spacial score (nSPS) is 27.3. The fourth-order valence-corrected chi connectivity index (χ4v) is 3.55. The molecule has 0 aromatic heterocycles. The third-order valence-corrected chi connectivity index (χ3v) is 5.01. The largest absolute Gasteiger partial charge is 0.313 e. The molecule has 1 aromatic rings. The molecule has 1 heteroatoms. The van der Waals surface area contributed by atoms with Crippen molar-refractivity contribution in [3.05, 3.63) is 35.4 Å². The van der Waals surface area contributed by atoms with E-state index in [1.54, 1.807) is 11.1 Å². The summed E-state index contributed by atoms with van der Waals surface area (Å²) in [5.74, 6) is 0.713. The van der Waals surface area contributed by atoms with E-state index in [0.29, 0.717) is 11.3 Å². The zero-order valence-corrected chi connectivity index (χ0v) is 11.7. The van der Waals surface area contributed by atoms with E-state index < -0.39 is 0 Å². The molecular weight excluding hydrogens is 218 g/mol. The molecule has 0 amide bonds. The van der Waals surface area contributed by atoms with Crippen molar-refractivity contribution in [3.63, 3.8) is 0 Å². The van der Waals surface area contributed by atoms with Gasteiger partial charge in [0.2, 0.25) is 0 Å². The number of aryl methyl sites for hydroxylation is 1. The van der Waals surface area contributed by atoms with Crippen LogP contribution in [0.25, 0.3) is 0 Å². The van der Waals surface area contributed by atoms with Gasteiger partial charge in [-0.25, -0.2) is 0 Å². The summed E-state index contributed by atoms with van der Waals surface area (Å²) in [7, 11) is 0. The van der Waals surface area contributed by atoms with Crippen LogP contribution in [-0.4, -0.2) is 12.6 Å². The molecule has 1 saturated carbocycles. The van der Waals surface area contributed by atoms with Gasteiger partial charge in [0.05, 0.1) is 0 Å². The number of nitrogens with one attached hydrogen (secondary N) is 1. The topological polar surface area (TPSA) is 12.0 Å². The molecule has 0 bridgehead atoms. The van der Waals surface area contributed by atoms with E-state index in [2.05, 4.69) is 43.4 Å². The van der Waals surface area contributed by atoms with E-state index in [1.807, 2.05) is 0 Å². The highest BCUT2D eigenvalue weighted by Crippen LogP contribution is 2.42. The van der Waals surface area contributed by atoms with Gasteiger partial charge in [0, 0.05) is 18.0 Å². The Labute approximate surface area is 111 Å². The van der Waals surface area contributed by atoms with Gasteiger partial charge in [-0.05, 0) is 49.1 Å². The van der Waals surface area contributed by atoms with Crippen LogP contribution in [-0.2, 0) is 11.8 Å². The number of benzene rings is 1. The lowest BCUT2D eigenvalue weighted by molar-refractivity contribution is 0.250. The fourth-order valence-electron chi connectivity index (χ4n) is 3.55. The first-order chi connectivity index (χ1) is 8.72. The van der Waals surface area contributed by atoms with Crippen LogP contribution < -0.4 is 5.32 Å². The molecular formula is C17H25N. The van der Waals surface area contributed by atoms with Crippen LogP contribution in [0.2, 0.25) is 0 Å². The van der Waals surface area contributed by atoms with Crippen molar-refractivity contribution in [1.82, 2.24) is 5.32 Å². The summed E-state index contributed by atoms with van der Waals surface area (Å²) in [5.41, 5.74) is 3.59. The molecule has 1 fully saturated rings. The van der Waals surface area contributed by atoms with Crippen LogP contribution in [0.4, 0.5) is 0 Å². The van der Waals surface area contributed by atoms with E-state index in [4.69, 9.17) is 0 Å². The molecule has 1 aromatic carbocycles. The molecule has 0 saturated heterocycles. The Morgan fingerprint density at radius 2 is 2.06 bits per heavy atom. The first kappa shape index (κ1) is 12.2. The van der Waals surface area contributed by atoms with Crippen LogP contribution in [0.1, 0.15) is 50.7 Å². The van der Waals surface area contributed by atoms with Gasteiger partial charge in [-0.3, -0.25) is 0 Å². The summed E-state index contributed by atoms with van der Waals surface area (Å²) >= 11 is 0. The average molecular weight is 243 g/mol. The molecule has 1 N–H and O–H groups in total. The summed E-state index contributed by atoms with van der Waals surface area (Å²) < 4.78 is 0. The Hall–Kier alpha value is -0.820. The van der Waals surface area contributed by atoms with Crippen molar-refractivity contribution in [2.45, 2.75) is 57.4 Å². The van der Waals surface area contributed by atoms with E-state index in [9.17, 15) is 0 Å². The third kappa shape index (κ3) is 2.09. The van der Waals surface area contributed by atoms with Crippen molar-refractivity contribution in [2.24, 2.45) is 5.92 Å². The molecule has 0 aliphatic heterocycles. The summed E-state index contributed by atoms with van der Waals surface area (Å²) in [5, 5.41) is 3.79. The Kier molecular flexibility index (Phi) is 3.19. The van der Waals surface area contributed by atoms with Crippen LogP contribution in [0.3, 0.4) is 0 Å². The number of fused-ring (bicyclic) bond motifs is 1. The minimum atomic E-state index is 0.372. The van der Waals surface area contributed by atoms with Crippen LogP contribution in [0.15, 0.2) is 24.3 Å². The molecule has 2 aliphatic rings. The van der Waals surface area contributed by atoms with Gasteiger partial charge in [0.15, 0.2) is 0 Å². The second-order valence-electron chi connectivity index (χ2n) is 6.48. The van der Waals surface area contributed by atoms with Gasteiger partial charge in [-0.1, -0.05) is 38.1 Å². The summed E-state index contributed by atoms with van der Waals surface area (Å²) in [6.07, 6.45) is 6.74. The van der Waals surface area contributed by atoms with Crippen molar-refractivity contribution < 1.29 is 0 Å². The lowest BCUT2D eigenvalue weighted by atomic mass is 9.64. The Morgan fingerprint density at radius 1 is 1.28 bits per heavy atom. The lowest BCUT2D eigenvalue weighted by Crippen LogP contribution is -2.45. The second-order valence-corrected chi connectivity index (χ2v) is 6.48. The number of hydrogen-bond acceptors (Lipinski definition) is 1. The monoisotopic (exact) mass is 243 g/mol. The van der Waals surface area contributed by atoms with Crippen LogP contribution in [0.5, 0.6) is 0 Å². The second kappa shape index (κ2) is 4.70. The van der Waals surface area contributed by atoms with Crippen LogP contribution in [0, 0.1) is 5.92 Å². The third-order valence-electron chi connectivity index (χ3n) is 5.01. The Morgan fingerprint density at radius 3 is 2.78 bits per heavy atom. The SMILES string of the molecule is CC(C)C1(CNC2CC2)CCCc2ccccc21. The van der Waals surface area contributed by atoms with Gasteiger partial charge in [0.25, 0.3) is 0 Å². The van der Waals surface area contributed by atoms with E-state index in [-0.39, 0.29) is 0 Å². The average Bonchev–Trinajstić information content (AvgIpc) is 3.20. The number of rotatable bonds is 4. The highest BCUT2D eigenvalue weighted by atomic mass is 15.0. The van der Waals surface area contributed by atoms with Crippen molar-refractivity contribution in [1.29, 1.82) is 0 Å². The molecule has 0 heterocycles. The van der Waals surface area contributed by atoms with E-state index in [0.717, 1.165) is 6.04 Å². The van der Waals surface area contributed by atoms with Gasteiger partial charge < -0.3 is 5.32 Å². The molecule has 2 aliphatic carbocycles. The quantitative estimate of drug-likeness (QED) is 0.851. The molecule has 1 unspecified atom stereocenters. The molecule has 98 valence electrons. The number of hydrogen-bond donors (Lipinski definition) is 1.